The highest BCUT2D eigenvalue weighted by Crippen LogP contribution is 2.44. The molecule has 1 aromatic rings. The molecule has 156 valence electrons. The van der Waals surface area contributed by atoms with Gasteiger partial charge in [-0.25, -0.2) is 13.4 Å². The van der Waals surface area contributed by atoms with Gasteiger partial charge in [0.05, 0.1) is 12.3 Å². The topological polar surface area (TPSA) is 62.7 Å². The molecule has 0 bridgehead atoms. The summed E-state index contributed by atoms with van der Waals surface area (Å²) in [4.78, 5) is 5.71. The first kappa shape index (κ1) is 20.1. The molecule has 0 aromatic carbocycles. The third-order valence-corrected chi connectivity index (χ3v) is 8.04. The number of hydrogen-bond donors (Lipinski definition) is 0. The quantitative estimate of drug-likeness (QED) is 0.751. The third-order valence-electron chi connectivity index (χ3n) is 6.11. The van der Waals surface area contributed by atoms with Crippen LogP contribution in [0.3, 0.4) is 0 Å². The summed E-state index contributed by atoms with van der Waals surface area (Å²) in [5.41, 5.74) is -1.23. The minimum Gasteiger partial charge on any atom is -0.381 e. The van der Waals surface area contributed by atoms with E-state index in [9.17, 15) is 21.6 Å². The van der Waals surface area contributed by atoms with Crippen molar-refractivity contribution in [1.82, 2.24) is 14.2 Å². The number of alkyl halides is 3. The zero-order valence-electron chi connectivity index (χ0n) is 15.9. The second kappa shape index (κ2) is 6.65. The maximum absolute atomic E-state index is 12.8. The van der Waals surface area contributed by atoms with Crippen LogP contribution in [0.4, 0.5) is 13.2 Å². The average Bonchev–Trinajstić information content (AvgIpc) is 2.52. The lowest BCUT2D eigenvalue weighted by molar-refractivity contribution is -0.141. The van der Waals surface area contributed by atoms with Crippen LogP contribution in [0.25, 0.3) is 0 Å². The second-order valence-electron chi connectivity index (χ2n) is 8.36. The first-order valence-corrected chi connectivity index (χ1v) is 10.8. The second-order valence-corrected chi connectivity index (χ2v) is 10.3. The average molecular weight is 419 g/mol. The Morgan fingerprint density at radius 3 is 2.46 bits per heavy atom. The SMILES string of the molecule is Cc1nc(C(F)(F)F)ccc1S(=O)(=O)N1CC2(CN(C3CCOCC3C)C2)C1. The van der Waals surface area contributed by atoms with Crippen LogP contribution in [0.2, 0.25) is 0 Å². The Kier molecular flexibility index (Phi) is 4.76. The van der Waals surface area contributed by atoms with Gasteiger partial charge in [-0.3, -0.25) is 4.90 Å². The summed E-state index contributed by atoms with van der Waals surface area (Å²) in [5.74, 6) is 0.465. The van der Waals surface area contributed by atoms with E-state index >= 15 is 0 Å². The summed E-state index contributed by atoms with van der Waals surface area (Å²) < 4.78 is 70.8. The fourth-order valence-electron chi connectivity index (χ4n) is 4.65. The number of halogens is 3. The van der Waals surface area contributed by atoms with Gasteiger partial charge in [0.2, 0.25) is 10.0 Å². The number of sulfonamides is 1. The molecule has 0 amide bonds. The Hall–Kier alpha value is -1.23. The maximum Gasteiger partial charge on any atom is 0.433 e. The Morgan fingerprint density at radius 2 is 1.89 bits per heavy atom. The van der Waals surface area contributed by atoms with Crippen LogP contribution in [0.15, 0.2) is 17.0 Å². The molecule has 1 aromatic heterocycles. The lowest BCUT2D eigenvalue weighted by Crippen LogP contribution is -2.74. The van der Waals surface area contributed by atoms with Gasteiger partial charge in [-0.05, 0) is 31.4 Å². The van der Waals surface area contributed by atoms with Gasteiger partial charge in [0, 0.05) is 44.2 Å². The number of aryl methyl sites for hydroxylation is 1. The molecule has 3 fully saturated rings. The van der Waals surface area contributed by atoms with Gasteiger partial charge in [-0.1, -0.05) is 6.92 Å². The number of ether oxygens (including phenoxy) is 1. The molecule has 6 nitrogen and oxygen atoms in total. The molecule has 10 heteroatoms. The number of nitrogens with zero attached hydrogens (tertiary/aromatic N) is 3. The summed E-state index contributed by atoms with van der Waals surface area (Å²) in [7, 11) is -3.83. The smallest absolute Gasteiger partial charge is 0.381 e. The Bertz CT molecular complexity index is 861. The normalized spacial score (nSPS) is 28.8. The molecule has 0 aliphatic carbocycles. The highest BCUT2D eigenvalue weighted by Gasteiger charge is 2.57. The van der Waals surface area contributed by atoms with Crippen LogP contribution in [0.5, 0.6) is 0 Å². The fourth-order valence-corrected chi connectivity index (χ4v) is 6.48. The first-order valence-electron chi connectivity index (χ1n) is 9.39. The van der Waals surface area contributed by atoms with E-state index in [2.05, 4.69) is 16.8 Å². The van der Waals surface area contributed by atoms with Crippen molar-refractivity contribution in [2.75, 3.05) is 39.4 Å². The van der Waals surface area contributed by atoms with E-state index in [1.165, 1.54) is 11.2 Å². The molecule has 0 radical (unpaired) electrons. The van der Waals surface area contributed by atoms with Gasteiger partial charge < -0.3 is 4.74 Å². The summed E-state index contributed by atoms with van der Waals surface area (Å²) in [6.45, 7) is 7.53. The molecular formula is C18H24F3N3O3S. The summed E-state index contributed by atoms with van der Waals surface area (Å²) in [5, 5.41) is 0. The minimum absolute atomic E-state index is 0.0294. The Labute approximate surface area is 162 Å². The molecule has 2 atom stereocenters. The molecular weight excluding hydrogens is 395 g/mol. The van der Waals surface area contributed by atoms with Gasteiger partial charge in [0.1, 0.15) is 10.6 Å². The lowest BCUT2D eigenvalue weighted by Gasteiger charge is -2.62. The van der Waals surface area contributed by atoms with Crippen molar-refractivity contribution in [3.8, 4) is 0 Å². The molecule has 1 spiro atoms. The summed E-state index contributed by atoms with van der Waals surface area (Å²) in [6, 6.07) is 2.22. The number of aromatic nitrogens is 1. The molecule has 2 unspecified atom stereocenters. The minimum atomic E-state index is -4.59. The fraction of sp³-hybridized carbons (Fsp3) is 0.722. The van der Waals surface area contributed by atoms with Crippen LogP contribution in [-0.2, 0) is 20.9 Å². The van der Waals surface area contributed by atoms with Crippen molar-refractivity contribution in [1.29, 1.82) is 0 Å². The lowest BCUT2D eigenvalue weighted by atomic mass is 9.72. The molecule has 4 heterocycles. The van der Waals surface area contributed by atoms with Crippen LogP contribution >= 0.6 is 0 Å². The zero-order chi connectivity index (χ0) is 20.3. The van der Waals surface area contributed by atoms with E-state index in [1.54, 1.807) is 0 Å². The summed E-state index contributed by atoms with van der Waals surface area (Å²) >= 11 is 0. The molecule has 3 aliphatic rings. The van der Waals surface area contributed by atoms with Crippen LogP contribution in [0, 0.1) is 18.3 Å². The van der Waals surface area contributed by atoms with Crippen molar-refractivity contribution in [3.05, 3.63) is 23.5 Å². The Balaban J connectivity index is 1.41. The van der Waals surface area contributed by atoms with Crippen molar-refractivity contribution < 1.29 is 26.3 Å². The van der Waals surface area contributed by atoms with Gasteiger partial charge in [0.15, 0.2) is 0 Å². The van der Waals surface area contributed by atoms with Crippen molar-refractivity contribution in [2.24, 2.45) is 11.3 Å². The number of rotatable bonds is 3. The number of pyridine rings is 1. The highest BCUT2D eigenvalue weighted by molar-refractivity contribution is 7.89. The number of likely N-dealkylation sites (tertiary alicyclic amines) is 1. The zero-order valence-corrected chi connectivity index (χ0v) is 16.7. The molecule has 0 saturated carbocycles. The van der Waals surface area contributed by atoms with E-state index in [0.29, 0.717) is 25.0 Å². The van der Waals surface area contributed by atoms with Crippen LogP contribution in [-0.4, -0.2) is 68.0 Å². The van der Waals surface area contributed by atoms with E-state index in [4.69, 9.17) is 4.74 Å². The molecule has 4 rings (SSSR count). The molecule has 28 heavy (non-hydrogen) atoms. The largest absolute Gasteiger partial charge is 0.433 e. The first-order chi connectivity index (χ1) is 13.0. The number of hydrogen-bond acceptors (Lipinski definition) is 5. The third kappa shape index (κ3) is 3.34. The summed E-state index contributed by atoms with van der Waals surface area (Å²) in [6.07, 6.45) is -3.60. The molecule has 3 saturated heterocycles. The van der Waals surface area contributed by atoms with Crippen LogP contribution < -0.4 is 0 Å². The van der Waals surface area contributed by atoms with Crippen molar-refractivity contribution in [3.63, 3.8) is 0 Å². The predicted octanol–water partition coefficient (Wildman–Crippen LogP) is 2.14. The van der Waals surface area contributed by atoms with Crippen molar-refractivity contribution >= 4 is 10.0 Å². The van der Waals surface area contributed by atoms with E-state index in [1.807, 2.05) is 0 Å². The van der Waals surface area contributed by atoms with E-state index < -0.39 is 21.9 Å². The molecule has 0 N–H and O–H groups in total. The monoisotopic (exact) mass is 419 g/mol. The van der Waals surface area contributed by atoms with Gasteiger partial charge in [-0.15, -0.1) is 0 Å². The van der Waals surface area contributed by atoms with Gasteiger partial charge in [-0.2, -0.15) is 17.5 Å². The van der Waals surface area contributed by atoms with Crippen LogP contribution in [0.1, 0.15) is 24.7 Å². The van der Waals surface area contributed by atoms with Crippen molar-refractivity contribution in [2.45, 2.75) is 37.4 Å². The predicted molar refractivity (Wildman–Crippen MR) is 95.1 cm³/mol. The standard InChI is InChI=1S/C18H24F3N3O3S/c1-12-7-27-6-5-14(12)23-8-17(9-23)10-24(11-17)28(25,26)15-3-4-16(18(19,20)21)22-13(15)2/h3-4,12,14H,5-11H2,1-2H3. The highest BCUT2D eigenvalue weighted by atomic mass is 32.2. The van der Waals surface area contributed by atoms with Gasteiger partial charge >= 0.3 is 6.18 Å². The van der Waals surface area contributed by atoms with Gasteiger partial charge in [0.25, 0.3) is 0 Å². The maximum atomic E-state index is 12.8. The Morgan fingerprint density at radius 1 is 1.21 bits per heavy atom. The van der Waals surface area contributed by atoms with E-state index in [-0.39, 0.29) is 16.0 Å². The van der Waals surface area contributed by atoms with E-state index in [0.717, 1.165) is 44.9 Å². The molecule has 3 aliphatic heterocycles.